The van der Waals surface area contributed by atoms with Crippen LogP contribution in [0.5, 0.6) is 5.75 Å². The molecule has 0 bridgehead atoms. The fraction of sp³-hybridized carbons (Fsp3) is 0.0833. The molecule has 0 aliphatic carbocycles. The first-order chi connectivity index (χ1) is 7.72. The zero-order valence-electron chi connectivity index (χ0n) is 8.69. The minimum Gasteiger partial charge on any atom is -0.506 e. The van der Waals surface area contributed by atoms with Gasteiger partial charge in [-0.25, -0.2) is 0 Å². The molecule has 3 aromatic rings. The van der Waals surface area contributed by atoms with Crippen molar-refractivity contribution < 1.29 is 9.90 Å². The molecule has 2 aromatic heterocycles. The number of aromatic nitrogens is 2. The summed E-state index contributed by atoms with van der Waals surface area (Å²) < 4.78 is 1.85. The van der Waals surface area contributed by atoms with E-state index in [1.807, 2.05) is 17.7 Å². The minimum absolute atomic E-state index is 0.247. The quantitative estimate of drug-likeness (QED) is 0.610. The Balaban J connectivity index is 2.58. The lowest BCUT2D eigenvalue weighted by Crippen LogP contribution is -1.89. The first-order valence-electron chi connectivity index (χ1n) is 4.96. The average molecular weight is 214 g/mol. The van der Waals surface area contributed by atoms with Crippen LogP contribution >= 0.6 is 0 Å². The molecule has 0 unspecified atom stereocenters. The normalized spacial score (nSPS) is 11.3. The first kappa shape index (κ1) is 9.03. The van der Waals surface area contributed by atoms with Crippen molar-refractivity contribution in [2.45, 2.75) is 0 Å². The number of aromatic amines is 1. The summed E-state index contributed by atoms with van der Waals surface area (Å²) in [5, 5.41) is 11.7. The Morgan fingerprint density at radius 2 is 2.19 bits per heavy atom. The van der Waals surface area contributed by atoms with Gasteiger partial charge in [-0.15, -0.1) is 0 Å². The molecule has 3 rings (SSSR count). The van der Waals surface area contributed by atoms with Gasteiger partial charge in [-0.05, 0) is 12.1 Å². The number of carbonyl (C=O) groups excluding carboxylic acids is 1. The van der Waals surface area contributed by atoms with E-state index in [4.69, 9.17) is 0 Å². The monoisotopic (exact) mass is 214 g/mol. The van der Waals surface area contributed by atoms with Gasteiger partial charge in [0.25, 0.3) is 0 Å². The molecule has 0 saturated carbocycles. The number of rotatable bonds is 1. The molecular formula is C12H10N2O2. The van der Waals surface area contributed by atoms with E-state index in [0.717, 1.165) is 28.2 Å². The second-order valence-corrected chi connectivity index (χ2v) is 3.84. The topological polar surface area (TPSA) is 58.0 Å². The highest BCUT2D eigenvalue weighted by Crippen LogP contribution is 2.33. The number of aryl methyl sites for hydroxylation is 1. The van der Waals surface area contributed by atoms with Gasteiger partial charge >= 0.3 is 0 Å². The molecular weight excluding hydrogens is 204 g/mol. The lowest BCUT2D eigenvalue weighted by atomic mass is 10.2. The maximum Gasteiger partial charge on any atom is 0.166 e. The molecule has 0 amide bonds. The third-order valence-corrected chi connectivity index (χ3v) is 2.92. The Morgan fingerprint density at radius 3 is 2.94 bits per heavy atom. The number of phenols is 1. The van der Waals surface area contributed by atoms with E-state index in [-0.39, 0.29) is 5.75 Å². The van der Waals surface area contributed by atoms with E-state index in [1.54, 1.807) is 18.2 Å². The smallest absolute Gasteiger partial charge is 0.166 e. The summed E-state index contributed by atoms with van der Waals surface area (Å²) in [5.41, 5.74) is 2.17. The van der Waals surface area contributed by atoms with Crippen LogP contribution in [0, 0.1) is 0 Å². The second-order valence-electron chi connectivity index (χ2n) is 3.84. The standard InChI is InChI=1S/C12H10N2O2/c1-14-11-8(3-2-4-10(11)16)9-5-7(6-15)13-12(9)14/h2-6,13,16H,1H3. The number of nitrogens with one attached hydrogen (secondary N) is 1. The molecule has 0 saturated heterocycles. The molecule has 4 heteroatoms. The molecule has 0 atom stereocenters. The summed E-state index contributed by atoms with van der Waals surface area (Å²) in [4.78, 5) is 13.7. The molecule has 16 heavy (non-hydrogen) atoms. The van der Waals surface area contributed by atoms with Gasteiger partial charge in [0, 0.05) is 17.8 Å². The summed E-state index contributed by atoms with van der Waals surface area (Å²) in [5.74, 6) is 0.247. The Kier molecular flexibility index (Phi) is 1.63. The zero-order chi connectivity index (χ0) is 11.3. The van der Waals surface area contributed by atoms with Crippen molar-refractivity contribution in [3.63, 3.8) is 0 Å². The molecule has 0 radical (unpaired) electrons. The van der Waals surface area contributed by atoms with Gasteiger partial charge in [-0.2, -0.15) is 0 Å². The van der Waals surface area contributed by atoms with Crippen molar-refractivity contribution in [1.29, 1.82) is 0 Å². The molecule has 1 aromatic carbocycles. The SMILES string of the molecule is Cn1c2[nH]c(C=O)cc2c2cccc(O)c21. The third-order valence-electron chi connectivity index (χ3n) is 2.92. The van der Waals surface area contributed by atoms with Crippen LogP contribution in [0.3, 0.4) is 0 Å². The predicted octanol–water partition coefficient (Wildman–Crippen LogP) is 2.18. The van der Waals surface area contributed by atoms with E-state index < -0.39 is 0 Å². The van der Waals surface area contributed by atoms with Crippen LogP contribution in [0.2, 0.25) is 0 Å². The molecule has 0 aliphatic heterocycles. The van der Waals surface area contributed by atoms with Crippen molar-refractivity contribution in [3.05, 3.63) is 30.0 Å². The number of carbonyl (C=O) groups is 1. The van der Waals surface area contributed by atoms with Gasteiger partial charge in [-0.1, -0.05) is 12.1 Å². The van der Waals surface area contributed by atoms with Crippen LogP contribution in [-0.4, -0.2) is 20.9 Å². The molecule has 0 fully saturated rings. The highest BCUT2D eigenvalue weighted by molar-refractivity contribution is 6.10. The van der Waals surface area contributed by atoms with E-state index in [1.165, 1.54) is 0 Å². The molecule has 4 nitrogen and oxygen atoms in total. The van der Waals surface area contributed by atoms with Gasteiger partial charge in [0.05, 0.1) is 11.2 Å². The maximum atomic E-state index is 10.7. The number of phenolic OH excluding ortho intramolecular Hbond substituents is 1. The van der Waals surface area contributed by atoms with E-state index in [0.29, 0.717) is 5.69 Å². The first-order valence-corrected chi connectivity index (χ1v) is 4.96. The van der Waals surface area contributed by atoms with Crippen molar-refractivity contribution in [2.24, 2.45) is 7.05 Å². The Bertz CT molecular complexity index is 707. The summed E-state index contributed by atoms with van der Waals surface area (Å²) in [6.07, 6.45) is 0.786. The van der Waals surface area contributed by atoms with Gasteiger partial charge in [0.15, 0.2) is 6.29 Å². The van der Waals surface area contributed by atoms with E-state index >= 15 is 0 Å². The van der Waals surface area contributed by atoms with Crippen LogP contribution in [-0.2, 0) is 7.05 Å². The van der Waals surface area contributed by atoms with Crippen LogP contribution in [0.25, 0.3) is 21.9 Å². The van der Waals surface area contributed by atoms with Gasteiger partial charge in [-0.3, -0.25) is 4.79 Å². The van der Waals surface area contributed by atoms with Crippen molar-refractivity contribution >= 4 is 28.2 Å². The van der Waals surface area contributed by atoms with Crippen molar-refractivity contribution in [3.8, 4) is 5.75 Å². The van der Waals surface area contributed by atoms with Gasteiger partial charge < -0.3 is 14.7 Å². The number of para-hydroxylation sites is 1. The number of hydrogen-bond donors (Lipinski definition) is 2. The van der Waals surface area contributed by atoms with Crippen LogP contribution in [0.1, 0.15) is 10.5 Å². The largest absolute Gasteiger partial charge is 0.506 e. The Hall–Kier alpha value is -2.23. The number of H-pyrrole nitrogens is 1. The molecule has 80 valence electrons. The van der Waals surface area contributed by atoms with E-state index in [9.17, 15) is 9.90 Å². The van der Waals surface area contributed by atoms with Crippen LogP contribution < -0.4 is 0 Å². The lowest BCUT2D eigenvalue weighted by molar-refractivity contribution is 0.111. The number of aromatic hydroxyl groups is 1. The third kappa shape index (κ3) is 0.957. The van der Waals surface area contributed by atoms with Crippen molar-refractivity contribution in [2.75, 3.05) is 0 Å². The van der Waals surface area contributed by atoms with Gasteiger partial charge in [0.1, 0.15) is 11.4 Å². The molecule has 2 heterocycles. The Morgan fingerprint density at radius 1 is 1.38 bits per heavy atom. The summed E-state index contributed by atoms with van der Waals surface area (Å²) in [7, 11) is 1.86. The number of aldehydes is 1. The molecule has 2 N–H and O–H groups in total. The fourth-order valence-electron chi connectivity index (χ4n) is 2.21. The second kappa shape index (κ2) is 2.88. The van der Waals surface area contributed by atoms with E-state index in [2.05, 4.69) is 4.98 Å². The Labute approximate surface area is 91.1 Å². The van der Waals surface area contributed by atoms with Crippen LogP contribution in [0.15, 0.2) is 24.3 Å². The molecule has 0 aliphatic rings. The van der Waals surface area contributed by atoms with Gasteiger partial charge in [0.2, 0.25) is 0 Å². The lowest BCUT2D eigenvalue weighted by Gasteiger charge is -1.99. The number of fused-ring (bicyclic) bond motifs is 3. The average Bonchev–Trinajstić information content (AvgIpc) is 2.80. The van der Waals surface area contributed by atoms with Crippen molar-refractivity contribution in [1.82, 2.24) is 9.55 Å². The zero-order valence-corrected chi connectivity index (χ0v) is 8.69. The van der Waals surface area contributed by atoms with Crippen LogP contribution in [0.4, 0.5) is 0 Å². The fourth-order valence-corrected chi connectivity index (χ4v) is 2.21. The number of hydrogen-bond acceptors (Lipinski definition) is 2. The number of nitrogens with zero attached hydrogens (tertiary/aromatic N) is 1. The summed E-state index contributed by atoms with van der Waals surface area (Å²) in [6.45, 7) is 0. The summed E-state index contributed by atoms with van der Waals surface area (Å²) >= 11 is 0. The minimum atomic E-state index is 0.247. The molecule has 0 spiro atoms. The summed E-state index contributed by atoms with van der Waals surface area (Å²) in [6, 6.07) is 7.18. The maximum absolute atomic E-state index is 10.7. The number of benzene rings is 1. The highest BCUT2D eigenvalue weighted by Gasteiger charge is 2.13. The highest BCUT2D eigenvalue weighted by atomic mass is 16.3. The predicted molar refractivity (Wildman–Crippen MR) is 61.8 cm³/mol.